The van der Waals surface area contributed by atoms with Gasteiger partial charge < -0.3 is 43.2 Å². The first-order valence-electron chi connectivity index (χ1n) is 17.9. The number of alkyl carbamates (subject to hydrolysis) is 1. The van der Waals surface area contributed by atoms with Crippen molar-refractivity contribution in [1.82, 2.24) is 10.2 Å². The average Bonchev–Trinajstić information content (AvgIpc) is 2.95. The fourth-order valence-electron chi connectivity index (χ4n) is 3.24. The number of ether oxygens (including phenoxy) is 8. The van der Waals surface area contributed by atoms with Crippen molar-refractivity contribution in [3.8, 4) is 0 Å². The Kier molecular flexibility index (Phi) is 28.6. The molecule has 330 valence electrons. The fraction of sp³-hybridized carbons (Fsp3) is 0.816. The van der Waals surface area contributed by atoms with Gasteiger partial charge in [-0.15, -0.1) is 0 Å². The van der Waals surface area contributed by atoms with Crippen LogP contribution in [0.5, 0.6) is 0 Å². The number of amides is 3. The van der Waals surface area contributed by atoms with Gasteiger partial charge in [-0.1, -0.05) is 22.6 Å². The van der Waals surface area contributed by atoms with E-state index in [2.05, 4.69) is 42.1 Å². The molecule has 18 heteroatoms. The highest BCUT2D eigenvalue weighted by molar-refractivity contribution is 14.1. The van der Waals surface area contributed by atoms with E-state index in [1.165, 1.54) is 14.2 Å². The second-order valence-corrected chi connectivity index (χ2v) is 17.0. The van der Waals surface area contributed by atoms with E-state index in [0.29, 0.717) is 6.42 Å². The van der Waals surface area contributed by atoms with Gasteiger partial charge in [0.1, 0.15) is 28.0 Å². The molecule has 2 atom stereocenters. The second-order valence-electron chi connectivity index (χ2n) is 17.0. The van der Waals surface area contributed by atoms with Crippen LogP contribution in [0.25, 0.3) is 0 Å². The summed E-state index contributed by atoms with van der Waals surface area (Å²) in [5.74, 6) is -0.692. The van der Waals surface area contributed by atoms with Gasteiger partial charge in [0.15, 0.2) is 0 Å². The fourth-order valence-corrected chi connectivity index (χ4v) is 3.24. The monoisotopic (exact) mass is 922 g/mol. The van der Waals surface area contributed by atoms with E-state index in [-0.39, 0.29) is 31.3 Å². The normalized spacial score (nSPS) is 12.3. The van der Waals surface area contributed by atoms with Crippen molar-refractivity contribution in [2.75, 3.05) is 19.2 Å². The highest BCUT2D eigenvalue weighted by Crippen LogP contribution is 2.19. The summed E-state index contributed by atoms with van der Waals surface area (Å²) in [4.78, 5) is 83.0. The van der Waals surface area contributed by atoms with Gasteiger partial charge in [0.25, 0.3) is 0 Å². The summed E-state index contributed by atoms with van der Waals surface area (Å²) in [6.07, 6.45) is -3.03. The smallest absolute Gasteiger partial charge is 0.469 e. The van der Waals surface area contributed by atoms with Crippen molar-refractivity contribution in [3.05, 3.63) is 0 Å². The van der Waals surface area contributed by atoms with Crippen LogP contribution in [0.3, 0.4) is 0 Å². The van der Waals surface area contributed by atoms with Crippen LogP contribution < -0.4 is 5.32 Å². The number of imide groups is 1. The van der Waals surface area contributed by atoms with Crippen molar-refractivity contribution in [2.24, 2.45) is 0 Å². The molecule has 0 unspecified atom stereocenters. The van der Waals surface area contributed by atoms with Crippen molar-refractivity contribution < 1.29 is 71.5 Å². The number of carbonyl (C=O) groups excluding carboxylic acids is 7. The van der Waals surface area contributed by atoms with Crippen LogP contribution in [0.15, 0.2) is 0 Å². The highest BCUT2D eigenvalue weighted by atomic mass is 127. The summed E-state index contributed by atoms with van der Waals surface area (Å²) in [5, 5.41) is 2.65. The van der Waals surface area contributed by atoms with E-state index in [1.807, 2.05) is 11.9 Å². The maximum absolute atomic E-state index is 12.3. The van der Waals surface area contributed by atoms with Gasteiger partial charge in [-0.25, -0.2) is 28.9 Å². The predicted octanol–water partition coefficient (Wildman–Crippen LogP) is 9.28. The first-order valence-corrected chi connectivity index (χ1v) is 20.1. The molecule has 0 fully saturated rings. The molecule has 0 radical (unpaired) electrons. The maximum Gasteiger partial charge on any atom is 0.519 e. The van der Waals surface area contributed by atoms with E-state index in [4.69, 9.17) is 23.7 Å². The third-order valence-corrected chi connectivity index (χ3v) is 5.33. The molecule has 0 aliphatic carbocycles. The second kappa shape index (κ2) is 27.1. The molecule has 0 saturated heterocycles. The third kappa shape index (κ3) is 40.1. The molecule has 0 aliphatic heterocycles. The van der Waals surface area contributed by atoms with Gasteiger partial charge in [-0.05, 0) is 135 Å². The molecule has 0 aliphatic rings. The molecule has 0 spiro atoms. The number of nitrogens with one attached hydrogen (secondary N) is 1. The molecule has 1 N–H and O–H groups in total. The number of rotatable bonds is 8. The van der Waals surface area contributed by atoms with Crippen molar-refractivity contribution >= 4 is 65.1 Å². The molecule has 0 aromatic carbocycles. The Morgan fingerprint density at radius 2 is 0.821 bits per heavy atom. The summed E-state index contributed by atoms with van der Waals surface area (Å²) in [7, 11) is 2.63. The standard InChI is InChI=1S/C16H29NO6.C11H21NO4.C10H18O5.CH3I/c1-11(9-10-12(18)21-8)17(13(19)22-15(2,3)4)14(20)23-16(5,6)7;1-8(6-7-9(13)15-5)12-10(14)16-11(2,3)4;1-9(2,3)14-7(11)13-8(12)15-10(4,5)6;1-2/h11H,9-10H2,1-8H3;8H,6-7H2,1-5H3,(H,12,14);1-6H3;1H3/t11-;8-;;/m11../s1. The maximum atomic E-state index is 12.3. The molecule has 0 aromatic rings. The topological polar surface area (TPSA) is 209 Å². The van der Waals surface area contributed by atoms with Gasteiger partial charge in [-0.3, -0.25) is 9.59 Å². The lowest BCUT2D eigenvalue weighted by Crippen LogP contribution is -2.48. The number of alkyl halides is 1. The van der Waals surface area contributed by atoms with Gasteiger partial charge in [0.05, 0.1) is 14.2 Å². The molecular formula is C38H71IN2O15. The van der Waals surface area contributed by atoms with Crippen molar-refractivity contribution in [3.63, 3.8) is 0 Å². The zero-order valence-corrected chi connectivity index (χ0v) is 39.6. The molecule has 0 bridgehead atoms. The number of nitrogens with zero attached hydrogens (tertiary/aromatic N) is 1. The van der Waals surface area contributed by atoms with Crippen LogP contribution in [-0.4, -0.2) is 107 Å². The molecule has 3 amide bonds. The molecule has 0 aromatic heterocycles. The Morgan fingerprint density at radius 3 is 1.11 bits per heavy atom. The van der Waals surface area contributed by atoms with Crippen LogP contribution in [0, 0.1) is 0 Å². The van der Waals surface area contributed by atoms with Crippen LogP contribution in [-0.2, 0) is 47.5 Å². The summed E-state index contributed by atoms with van der Waals surface area (Å²) in [6, 6.07) is -0.687. The van der Waals surface area contributed by atoms with Gasteiger partial charge in [-0.2, -0.15) is 0 Å². The van der Waals surface area contributed by atoms with Crippen LogP contribution in [0.1, 0.15) is 143 Å². The number of hydrogen-bond acceptors (Lipinski definition) is 15. The van der Waals surface area contributed by atoms with Crippen LogP contribution >= 0.6 is 22.6 Å². The summed E-state index contributed by atoms with van der Waals surface area (Å²) < 4.78 is 38.5. The van der Waals surface area contributed by atoms with E-state index < -0.39 is 70.6 Å². The lowest BCUT2D eigenvalue weighted by Gasteiger charge is -2.31. The Morgan fingerprint density at radius 1 is 0.518 bits per heavy atom. The molecule has 56 heavy (non-hydrogen) atoms. The van der Waals surface area contributed by atoms with Crippen LogP contribution in [0.4, 0.5) is 24.0 Å². The van der Waals surface area contributed by atoms with E-state index in [9.17, 15) is 33.6 Å². The quantitative estimate of drug-likeness (QED) is 0.0791. The molecule has 0 heterocycles. The summed E-state index contributed by atoms with van der Waals surface area (Å²) in [6.45, 7) is 29.1. The number of hydrogen-bond donors (Lipinski definition) is 1. The Hall–Kier alpha value is -3.58. The summed E-state index contributed by atoms with van der Waals surface area (Å²) >= 11 is 2.15. The zero-order valence-electron chi connectivity index (χ0n) is 37.4. The summed E-state index contributed by atoms with van der Waals surface area (Å²) in [5.41, 5.74) is -3.40. The first-order chi connectivity index (χ1) is 25.0. The van der Waals surface area contributed by atoms with E-state index >= 15 is 0 Å². The number of carbonyl (C=O) groups is 7. The van der Waals surface area contributed by atoms with E-state index in [0.717, 1.165) is 4.90 Å². The van der Waals surface area contributed by atoms with Gasteiger partial charge >= 0.3 is 42.5 Å². The Bertz CT molecular complexity index is 1170. The predicted molar refractivity (Wildman–Crippen MR) is 219 cm³/mol. The first kappa shape index (κ1) is 59.1. The number of methoxy groups -OCH3 is 2. The Labute approximate surface area is 348 Å². The Balaban J connectivity index is -0.000000364. The van der Waals surface area contributed by atoms with Gasteiger partial charge in [0, 0.05) is 24.9 Å². The SMILES string of the molecule is CC(C)(C)OC(=O)OC(=O)OC(C)(C)C.CI.COC(=O)CC[C@@H](C)N(C(=O)OC(C)(C)C)C(=O)OC(C)(C)C.COC(=O)CC[C@@H](C)NC(=O)OC(C)(C)C. The zero-order chi connectivity index (χ0) is 45.5. The van der Waals surface area contributed by atoms with Crippen molar-refractivity contribution in [2.45, 2.75) is 183 Å². The molecular weight excluding hydrogens is 851 g/mol. The van der Waals surface area contributed by atoms with E-state index in [1.54, 1.807) is 111 Å². The molecule has 17 nitrogen and oxygen atoms in total. The largest absolute Gasteiger partial charge is 0.519 e. The van der Waals surface area contributed by atoms with Crippen LogP contribution in [0.2, 0.25) is 0 Å². The number of halogens is 1. The minimum Gasteiger partial charge on any atom is -0.469 e. The van der Waals surface area contributed by atoms with Crippen molar-refractivity contribution in [1.29, 1.82) is 0 Å². The average molecular weight is 923 g/mol. The minimum absolute atomic E-state index is 0.0831. The lowest BCUT2D eigenvalue weighted by molar-refractivity contribution is -0.141. The molecule has 0 rings (SSSR count). The molecule has 0 saturated carbocycles. The highest BCUT2D eigenvalue weighted by Gasteiger charge is 2.35. The number of esters is 2. The minimum atomic E-state index is -1.06. The third-order valence-electron chi connectivity index (χ3n) is 5.33. The lowest BCUT2D eigenvalue weighted by atomic mass is 10.1. The van der Waals surface area contributed by atoms with Gasteiger partial charge in [0.2, 0.25) is 0 Å².